The van der Waals surface area contributed by atoms with Crippen molar-refractivity contribution in [2.24, 2.45) is 7.05 Å². The molecule has 0 aliphatic carbocycles. The number of aromatic nitrogens is 3. The molecule has 0 bridgehead atoms. The van der Waals surface area contributed by atoms with E-state index in [1.165, 1.54) is 28.8 Å². The van der Waals surface area contributed by atoms with Crippen LogP contribution in [0.5, 0.6) is 5.75 Å². The minimum atomic E-state index is -0.518. The van der Waals surface area contributed by atoms with E-state index in [2.05, 4.69) is 4.98 Å². The van der Waals surface area contributed by atoms with Crippen molar-refractivity contribution >= 4 is 16.7 Å². The third kappa shape index (κ3) is 3.26. The average Bonchev–Trinajstić information content (AvgIpc) is 2.69. The molecule has 0 aliphatic heterocycles. The summed E-state index contributed by atoms with van der Waals surface area (Å²) < 4.78 is 8.12. The van der Waals surface area contributed by atoms with Crippen LogP contribution in [0.3, 0.4) is 0 Å². The van der Waals surface area contributed by atoms with Gasteiger partial charge in [0.05, 0.1) is 18.1 Å². The predicted octanol–water partition coefficient (Wildman–Crippen LogP) is 2.01. The van der Waals surface area contributed by atoms with Gasteiger partial charge in [-0.3, -0.25) is 24.0 Å². The number of benzene rings is 1. The molecule has 0 amide bonds. The zero-order chi connectivity index (χ0) is 20.4. The van der Waals surface area contributed by atoms with Gasteiger partial charge in [0.1, 0.15) is 11.1 Å². The Morgan fingerprint density at radius 2 is 1.86 bits per heavy atom. The smallest absolute Gasteiger partial charge is 0.332 e. The molecule has 0 spiro atoms. The molecule has 9 heteroatoms. The number of nitrogens with zero attached hydrogens (tertiary/aromatic N) is 4. The van der Waals surface area contributed by atoms with E-state index in [4.69, 9.17) is 4.74 Å². The second-order valence-electron chi connectivity index (χ2n) is 6.25. The number of nitro benzene ring substituents is 1. The van der Waals surface area contributed by atoms with Crippen LogP contribution in [0.15, 0.2) is 40.1 Å². The van der Waals surface area contributed by atoms with Crippen LogP contribution in [0.25, 0.3) is 11.0 Å². The van der Waals surface area contributed by atoms with Crippen LogP contribution in [0.2, 0.25) is 0 Å². The number of fused-ring (bicyclic) bond motifs is 1. The van der Waals surface area contributed by atoms with Gasteiger partial charge in [-0.15, -0.1) is 0 Å². The van der Waals surface area contributed by atoms with Crippen LogP contribution in [-0.2, 0) is 20.0 Å². The van der Waals surface area contributed by atoms with E-state index >= 15 is 0 Å². The highest BCUT2D eigenvalue weighted by atomic mass is 16.6. The lowest BCUT2D eigenvalue weighted by Crippen LogP contribution is -2.40. The van der Waals surface area contributed by atoms with E-state index in [1.807, 2.05) is 13.8 Å². The van der Waals surface area contributed by atoms with Gasteiger partial charge in [0.2, 0.25) is 0 Å². The first-order valence-corrected chi connectivity index (χ1v) is 8.86. The van der Waals surface area contributed by atoms with E-state index in [-0.39, 0.29) is 23.3 Å². The molecule has 2 aromatic heterocycles. The van der Waals surface area contributed by atoms with Gasteiger partial charge in [0.25, 0.3) is 11.2 Å². The fourth-order valence-corrected chi connectivity index (χ4v) is 3.07. The quantitative estimate of drug-likeness (QED) is 0.475. The van der Waals surface area contributed by atoms with Crippen LogP contribution in [0, 0.1) is 10.1 Å². The molecule has 0 fully saturated rings. The maximum Gasteiger partial charge on any atom is 0.332 e. The highest BCUT2D eigenvalue weighted by molar-refractivity contribution is 5.82. The number of hydrogen-bond acceptors (Lipinski definition) is 6. The molecule has 0 saturated carbocycles. The molecule has 28 heavy (non-hydrogen) atoms. The molecule has 0 N–H and O–H groups in total. The Hall–Kier alpha value is -3.49. The van der Waals surface area contributed by atoms with E-state index in [1.54, 1.807) is 13.2 Å². The molecule has 9 nitrogen and oxygen atoms in total. The molecule has 0 atom stereocenters. The average molecular weight is 384 g/mol. The summed E-state index contributed by atoms with van der Waals surface area (Å²) in [5, 5.41) is 11.1. The fourth-order valence-electron chi connectivity index (χ4n) is 3.07. The van der Waals surface area contributed by atoms with Crippen LogP contribution in [0.1, 0.15) is 25.0 Å². The van der Waals surface area contributed by atoms with E-state index in [0.717, 1.165) is 10.1 Å². The predicted molar refractivity (Wildman–Crippen MR) is 104 cm³/mol. The summed E-state index contributed by atoms with van der Waals surface area (Å²) in [6, 6.07) is 5.74. The van der Waals surface area contributed by atoms with E-state index in [9.17, 15) is 19.7 Å². The molecule has 0 radical (unpaired) electrons. The first kappa shape index (κ1) is 19.3. The summed E-state index contributed by atoms with van der Waals surface area (Å²) in [5.74, 6) is 0.438. The molecule has 3 aromatic rings. The molecule has 3 rings (SSSR count). The Morgan fingerprint density at radius 3 is 2.43 bits per heavy atom. The van der Waals surface area contributed by atoms with E-state index in [0.29, 0.717) is 24.3 Å². The van der Waals surface area contributed by atoms with Gasteiger partial charge in [0.15, 0.2) is 5.65 Å². The minimum absolute atomic E-state index is 0.0125. The Morgan fingerprint density at radius 1 is 1.18 bits per heavy atom. The van der Waals surface area contributed by atoms with E-state index < -0.39 is 16.2 Å². The zero-order valence-corrected chi connectivity index (χ0v) is 15.8. The fraction of sp³-hybridized carbons (Fsp3) is 0.316. The maximum absolute atomic E-state index is 13.2. The van der Waals surface area contributed by atoms with Gasteiger partial charge in [-0.2, -0.15) is 0 Å². The molecule has 0 saturated heterocycles. The van der Waals surface area contributed by atoms with Gasteiger partial charge >= 0.3 is 5.69 Å². The molecule has 0 unspecified atom stereocenters. The Balaban J connectivity index is 2.22. The van der Waals surface area contributed by atoms with Gasteiger partial charge in [0, 0.05) is 30.9 Å². The molecule has 1 aromatic carbocycles. The monoisotopic (exact) mass is 384 g/mol. The van der Waals surface area contributed by atoms with Crippen molar-refractivity contribution in [3.8, 4) is 5.75 Å². The van der Waals surface area contributed by atoms with Gasteiger partial charge in [-0.05, 0) is 18.9 Å². The maximum atomic E-state index is 13.2. The van der Waals surface area contributed by atoms with Crippen LogP contribution in [-0.4, -0.2) is 25.6 Å². The summed E-state index contributed by atoms with van der Waals surface area (Å²) >= 11 is 0. The summed E-state index contributed by atoms with van der Waals surface area (Å²) in [6.07, 6.45) is 2.25. The molecule has 146 valence electrons. The van der Waals surface area contributed by atoms with Gasteiger partial charge in [-0.25, -0.2) is 9.78 Å². The van der Waals surface area contributed by atoms with Crippen molar-refractivity contribution < 1.29 is 9.66 Å². The van der Waals surface area contributed by atoms with Crippen molar-refractivity contribution in [3.63, 3.8) is 0 Å². The Labute approximate surface area is 160 Å². The second-order valence-corrected chi connectivity index (χ2v) is 6.25. The molecular formula is C19H20N4O5. The van der Waals surface area contributed by atoms with Crippen molar-refractivity contribution in [3.05, 3.63) is 72.5 Å². The Bertz CT molecular complexity index is 1160. The minimum Gasteiger partial charge on any atom is -0.493 e. The second kappa shape index (κ2) is 7.63. The lowest BCUT2D eigenvalue weighted by molar-refractivity contribution is -0.384. The van der Waals surface area contributed by atoms with Crippen molar-refractivity contribution in [1.82, 2.24) is 14.1 Å². The first-order valence-electron chi connectivity index (χ1n) is 8.86. The summed E-state index contributed by atoms with van der Waals surface area (Å²) in [5.41, 5.74) is 0.569. The topological polar surface area (TPSA) is 109 Å². The van der Waals surface area contributed by atoms with Crippen LogP contribution in [0.4, 0.5) is 5.69 Å². The number of ether oxygens (including phenoxy) is 1. The first-order chi connectivity index (χ1) is 13.4. The lowest BCUT2D eigenvalue weighted by atomic mass is 10.1. The molecule has 0 aliphatic rings. The number of hydrogen-bond donors (Lipinski definition) is 0. The van der Waals surface area contributed by atoms with Gasteiger partial charge in [-0.1, -0.05) is 19.1 Å². The number of pyridine rings is 1. The summed E-state index contributed by atoms with van der Waals surface area (Å²) in [6.45, 7) is 4.11. The number of non-ortho nitro benzene ring substituents is 1. The third-order valence-corrected chi connectivity index (χ3v) is 4.54. The lowest BCUT2D eigenvalue weighted by Gasteiger charge is -2.15. The number of rotatable bonds is 6. The van der Waals surface area contributed by atoms with Gasteiger partial charge < -0.3 is 4.74 Å². The zero-order valence-electron chi connectivity index (χ0n) is 15.8. The van der Waals surface area contributed by atoms with Crippen LogP contribution >= 0.6 is 0 Å². The van der Waals surface area contributed by atoms with Crippen molar-refractivity contribution in [2.75, 3.05) is 6.61 Å². The highest BCUT2D eigenvalue weighted by Crippen LogP contribution is 2.25. The highest BCUT2D eigenvalue weighted by Gasteiger charge is 2.19. The Kier molecular flexibility index (Phi) is 5.25. The molecule has 2 heterocycles. The van der Waals surface area contributed by atoms with Crippen molar-refractivity contribution in [1.29, 1.82) is 0 Å². The normalized spacial score (nSPS) is 11.0. The SMILES string of the molecule is CCOc1c(CC)cnc2c1c(=O)n(Cc1ccc([N+](=O)[O-])cc1)c(=O)n2C. The number of nitro groups is 1. The standard InChI is InChI=1S/C19H20N4O5/c1-4-13-10-20-17-15(16(13)28-5-2)18(24)22(19(25)21(17)3)11-12-6-8-14(9-7-12)23(26)27/h6-10H,4-5,11H2,1-3H3. The number of aryl methyl sites for hydroxylation is 2. The summed E-state index contributed by atoms with van der Waals surface area (Å²) in [4.78, 5) is 40.5. The van der Waals surface area contributed by atoms with Crippen molar-refractivity contribution in [2.45, 2.75) is 26.8 Å². The third-order valence-electron chi connectivity index (χ3n) is 4.54. The van der Waals surface area contributed by atoms with Crippen LogP contribution < -0.4 is 16.0 Å². The molecular weight excluding hydrogens is 364 g/mol. The largest absolute Gasteiger partial charge is 0.493 e. The summed E-state index contributed by atoms with van der Waals surface area (Å²) in [7, 11) is 1.55.